The quantitative estimate of drug-likeness (QED) is 0.747. The van der Waals surface area contributed by atoms with Gasteiger partial charge in [-0.05, 0) is 19.8 Å². The Bertz CT molecular complexity index is 390. The summed E-state index contributed by atoms with van der Waals surface area (Å²) in [6, 6.07) is 1.50. The minimum atomic E-state index is -3.57. The average Bonchev–Trinajstić information content (AvgIpc) is 2.36. The Morgan fingerprint density at radius 2 is 2.29 bits per heavy atom. The molecule has 6 nitrogen and oxygen atoms in total. The van der Waals surface area contributed by atoms with Crippen LogP contribution in [0.4, 0.5) is 0 Å². The van der Waals surface area contributed by atoms with E-state index in [-0.39, 0.29) is 18.7 Å². The Morgan fingerprint density at radius 1 is 1.65 bits per heavy atom. The molecule has 3 unspecified atom stereocenters. The van der Waals surface area contributed by atoms with Crippen LogP contribution in [0.1, 0.15) is 19.8 Å². The van der Waals surface area contributed by atoms with E-state index < -0.39 is 15.3 Å². The Morgan fingerprint density at radius 3 is 2.76 bits per heavy atom. The Kier molecular flexibility index (Phi) is 4.89. The summed E-state index contributed by atoms with van der Waals surface area (Å²) in [5.74, 6) is 0. The van der Waals surface area contributed by atoms with Crippen molar-refractivity contribution >= 4 is 10.0 Å². The van der Waals surface area contributed by atoms with Gasteiger partial charge in [0.1, 0.15) is 0 Å². The van der Waals surface area contributed by atoms with Gasteiger partial charge in [0.2, 0.25) is 10.0 Å². The van der Waals surface area contributed by atoms with Crippen molar-refractivity contribution in [3.8, 4) is 6.07 Å². The summed E-state index contributed by atoms with van der Waals surface area (Å²) < 4.78 is 30.8. The first-order valence-electron chi connectivity index (χ1n) is 5.60. The summed E-state index contributed by atoms with van der Waals surface area (Å²) in [5.41, 5.74) is 5.60. The van der Waals surface area contributed by atoms with Crippen LogP contribution in [0.25, 0.3) is 0 Å². The normalized spacial score (nSPS) is 28.6. The molecule has 0 aromatic rings. The molecule has 0 aliphatic carbocycles. The fourth-order valence-electron chi connectivity index (χ4n) is 2.03. The molecular weight excluding hydrogens is 242 g/mol. The highest BCUT2D eigenvalue weighted by atomic mass is 32.2. The summed E-state index contributed by atoms with van der Waals surface area (Å²) in [5, 5.41) is 7.71. The summed E-state index contributed by atoms with van der Waals surface area (Å²) in [6.07, 6.45) is 1.28. The third kappa shape index (κ3) is 2.96. The first-order valence-corrected chi connectivity index (χ1v) is 7.10. The van der Waals surface area contributed by atoms with Gasteiger partial charge in [-0.15, -0.1) is 0 Å². The molecule has 1 aliphatic heterocycles. The first kappa shape index (κ1) is 14.4. The summed E-state index contributed by atoms with van der Waals surface area (Å²) in [6.45, 7) is 2.01. The van der Waals surface area contributed by atoms with Crippen LogP contribution in [0.3, 0.4) is 0 Å². The molecule has 1 rings (SSSR count). The maximum atomic E-state index is 12.1. The molecule has 7 heteroatoms. The van der Waals surface area contributed by atoms with Crippen LogP contribution in [0.2, 0.25) is 0 Å². The zero-order valence-corrected chi connectivity index (χ0v) is 11.0. The van der Waals surface area contributed by atoms with Gasteiger partial charge < -0.3 is 10.5 Å². The molecule has 1 aliphatic rings. The standard InChI is InChI=1S/C10H19N3O3S/c1-8(6-11)17(14,15)13-4-3-10(16-2)5-9(13)7-12/h8-10H,3-5,7,12H2,1-2H3. The number of sulfonamides is 1. The van der Waals surface area contributed by atoms with Crippen LogP contribution < -0.4 is 5.73 Å². The van der Waals surface area contributed by atoms with E-state index in [0.717, 1.165) is 0 Å². The molecule has 0 aromatic heterocycles. The van der Waals surface area contributed by atoms with Crippen molar-refractivity contribution in [3.05, 3.63) is 0 Å². The second kappa shape index (κ2) is 5.78. The maximum Gasteiger partial charge on any atom is 0.230 e. The average molecular weight is 261 g/mol. The molecule has 0 radical (unpaired) electrons. The van der Waals surface area contributed by atoms with E-state index in [1.165, 1.54) is 11.2 Å². The minimum Gasteiger partial charge on any atom is -0.381 e. The number of nitrogens with two attached hydrogens (primary N) is 1. The summed E-state index contributed by atoms with van der Waals surface area (Å²) >= 11 is 0. The number of nitriles is 1. The number of ether oxygens (including phenoxy) is 1. The highest BCUT2D eigenvalue weighted by Gasteiger charge is 2.38. The molecule has 0 aromatic carbocycles. The van der Waals surface area contributed by atoms with E-state index in [2.05, 4.69) is 0 Å². The summed E-state index contributed by atoms with van der Waals surface area (Å²) in [7, 11) is -1.96. The highest BCUT2D eigenvalue weighted by Crippen LogP contribution is 2.24. The smallest absolute Gasteiger partial charge is 0.230 e. The lowest BCUT2D eigenvalue weighted by atomic mass is 10.0. The molecule has 1 heterocycles. The lowest BCUT2D eigenvalue weighted by Crippen LogP contribution is -2.53. The van der Waals surface area contributed by atoms with Gasteiger partial charge in [-0.1, -0.05) is 0 Å². The van der Waals surface area contributed by atoms with E-state index >= 15 is 0 Å². The second-order valence-electron chi connectivity index (χ2n) is 4.20. The first-order chi connectivity index (χ1) is 7.97. The molecule has 1 fully saturated rings. The molecule has 3 atom stereocenters. The Hall–Kier alpha value is -0.680. The molecule has 0 spiro atoms. The van der Waals surface area contributed by atoms with Gasteiger partial charge in [0.25, 0.3) is 0 Å². The highest BCUT2D eigenvalue weighted by molar-refractivity contribution is 7.90. The van der Waals surface area contributed by atoms with Crippen molar-refractivity contribution in [1.29, 1.82) is 5.26 Å². The second-order valence-corrected chi connectivity index (χ2v) is 6.40. The monoisotopic (exact) mass is 261 g/mol. The fourth-order valence-corrected chi connectivity index (χ4v) is 3.51. The molecule has 0 bridgehead atoms. The van der Waals surface area contributed by atoms with Crippen LogP contribution in [0.5, 0.6) is 0 Å². The molecule has 0 saturated carbocycles. The molecule has 1 saturated heterocycles. The number of piperidine rings is 1. The summed E-state index contributed by atoms with van der Waals surface area (Å²) in [4.78, 5) is 0. The van der Waals surface area contributed by atoms with E-state index in [9.17, 15) is 8.42 Å². The lowest BCUT2D eigenvalue weighted by molar-refractivity contribution is 0.0400. The molecular formula is C10H19N3O3S. The third-order valence-electron chi connectivity index (χ3n) is 3.17. The van der Waals surface area contributed by atoms with Gasteiger partial charge >= 0.3 is 0 Å². The predicted molar refractivity (Wildman–Crippen MR) is 63.6 cm³/mol. The van der Waals surface area contributed by atoms with Gasteiger partial charge in [-0.2, -0.15) is 9.57 Å². The number of methoxy groups -OCH3 is 1. The number of hydrogen-bond donors (Lipinski definition) is 1. The van der Waals surface area contributed by atoms with Gasteiger partial charge in [0.15, 0.2) is 5.25 Å². The third-order valence-corrected chi connectivity index (χ3v) is 5.31. The topological polar surface area (TPSA) is 96.4 Å². The number of rotatable bonds is 4. The van der Waals surface area contributed by atoms with Crippen molar-refractivity contribution in [2.45, 2.75) is 37.2 Å². The molecule has 2 N–H and O–H groups in total. The SMILES string of the molecule is COC1CCN(S(=O)(=O)C(C)C#N)C(CN)C1. The van der Waals surface area contributed by atoms with E-state index in [1.54, 1.807) is 13.2 Å². The van der Waals surface area contributed by atoms with Gasteiger partial charge in [0.05, 0.1) is 12.2 Å². The van der Waals surface area contributed by atoms with Crippen LogP contribution in [0.15, 0.2) is 0 Å². The van der Waals surface area contributed by atoms with Crippen LogP contribution in [0, 0.1) is 11.3 Å². The fraction of sp³-hybridized carbons (Fsp3) is 0.900. The molecule has 98 valence electrons. The van der Waals surface area contributed by atoms with E-state index in [4.69, 9.17) is 15.7 Å². The number of nitrogens with zero attached hydrogens (tertiary/aromatic N) is 2. The van der Waals surface area contributed by atoms with Crippen molar-refractivity contribution in [2.24, 2.45) is 5.73 Å². The minimum absolute atomic E-state index is 0.0485. The van der Waals surface area contributed by atoms with Crippen molar-refractivity contribution in [3.63, 3.8) is 0 Å². The molecule has 17 heavy (non-hydrogen) atoms. The maximum absolute atomic E-state index is 12.1. The zero-order chi connectivity index (χ0) is 13.1. The zero-order valence-electron chi connectivity index (χ0n) is 10.2. The number of hydrogen-bond acceptors (Lipinski definition) is 5. The van der Waals surface area contributed by atoms with Crippen LogP contribution >= 0.6 is 0 Å². The largest absolute Gasteiger partial charge is 0.381 e. The van der Waals surface area contributed by atoms with Crippen LogP contribution in [-0.4, -0.2) is 50.3 Å². The van der Waals surface area contributed by atoms with Crippen molar-refractivity contribution < 1.29 is 13.2 Å². The predicted octanol–water partition coefficient (Wildman–Crippen LogP) is -0.334. The van der Waals surface area contributed by atoms with Crippen molar-refractivity contribution in [1.82, 2.24) is 4.31 Å². The van der Waals surface area contributed by atoms with E-state index in [1.807, 2.05) is 0 Å². The molecule has 0 amide bonds. The van der Waals surface area contributed by atoms with Gasteiger partial charge in [-0.3, -0.25) is 0 Å². The van der Waals surface area contributed by atoms with Crippen molar-refractivity contribution in [2.75, 3.05) is 20.2 Å². The lowest BCUT2D eigenvalue weighted by Gasteiger charge is -2.37. The van der Waals surface area contributed by atoms with Crippen LogP contribution in [-0.2, 0) is 14.8 Å². The Labute approximate surface area is 102 Å². The van der Waals surface area contributed by atoms with Gasteiger partial charge in [-0.25, -0.2) is 8.42 Å². The van der Waals surface area contributed by atoms with E-state index in [0.29, 0.717) is 19.4 Å². The Balaban J connectivity index is 2.88. The van der Waals surface area contributed by atoms with Gasteiger partial charge in [0, 0.05) is 26.2 Å².